The van der Waals surface area contributed by atoms with Crippen molar-refractivity contribution in [2.75, 3.05) is 5.75 Å². The summed E-state index contributed by atoms with van der Waals surface area (Å²) in [5, 5.41) is 0. The zero-order valence-corrected chi connectivity index (χ0v) is 6.74. The van der Waals surface area contributed by atoms with Gasteiger partial charge in [0.2, 0.25) is 0 Å². The number of rotatable bonds is 0. The molecule has 0 amide bonds. The average Bonchev–Trinajstić information content (AvgIpc) is 2.36. The molecule has 0 aromatic carbocycles. The number of aryl methyl sites for hydroxylation is 2. The van der Waals surface area contributed by atoms with Crippen molar-refractivity contribution < 1.29 is 0 Å². The Labute approximate surface area is 64.9 Å². The van der Waals surface area contributed by atoms with Crippen LogP contribution in [0.2, 0.25) is 0 Å². The lowest BCUT2D eigenvalue weighted by atomic mass is 10.2. The minimum atomic E-state index is 1.20. The molecule has 0 radical (unpaired) electrons. The van der Waals surface area contributed by atoms with Gasteiger partial charge in [0.25, 0.3) is 0 Å². The van der Waals surface area contributed by atoms with E-state index in [-0.39, 0.29) is 0 Å². The zero-order chi connectivity index (χ0) is 6.97. The highest BCUT2D eigenvalue weighted by molar-refractivity contribution is 7.99. The standard InChI is InChI=1S/C8H9NS/c1-6-4-9-5-7-2-3-10-8(6)7/h4-5H,2-3H2,1H3. The summed E-state index contributed by atoms with van der Waals surface area (Å²) in [6.07, 6.45) is 5.13. The Hall–Kier alpha value is -0.500. The van der Waals surface area contributed by atoms with Crippen LogP contribution >= 0.6 is 11.8 Å². The van der Waals surface area contributed by atoms with E-state index in [0.29, 0.717) is 0 Å². The van der Waals surface area contributed by atoms with Crippen LogP contribution < -0.4 is 0 Å². The van der Waals surface area contributed by atoms with E-state index in [1.54, 1.807) is 0 Å². The molecule has 52 valence electrons. The van der Waals surface area contributed by atoms with E-state index in [1.165, 1.54) is 28.2 Å². The fourth-order valence-corrected chi connectivity index (χ4v) is 2.40. The number of pyridine rings is 1. The molecule has 2 heteroatoms. The first-order valence-electron chi connectivity index (χ1n) is 3.44. The van der Waals surface area contributed by atoms with Crippen LogP contribution in [0.25, 0.3) is 0 Å². The van der Waals surface area contributed by atoms with Crippen LogP contribution in [-0.2, 0) is 6.42 Å². The number of hydrogen-bond acceptors (Lipinski definition) is 2. The van der Waals surface area contributed by atoms with Crippen LogP contribution in [0.1, 0.15) is 11.1 Å². The van der Waals surface area contributed by atoms with Gasteiger partial charge in [-0.05, 0) is 24.5 Å². The molecule has 0 unspecified atom stereocenters. The highest BCUT2D eigenvalue weighted by Gasteiger charge is 2.12. The molecule has 2 heterocycles. The molecule has 0 bridgehead atoms. The predicted molar refractivity (Wildman–Crippen MR) is 43.4 cm³/mol. The van der Waals surface area contributed by atoms with Gasteiger partial charge in [0.05, 0.1) is 0 Å². The summed E-state index contributed by atoms with van der Waals surface area (Å²) < 4.78 is 0. The van der Waals surface area contributed by atoms with Gasteiger partial charge in [-0.2, -0.15) is 0 Å². The summed E-state index contributed by atoms with van der Waals surface area (Å²) in [5.41, 5.74) is 2.77. The van der Waals surface area contributed by atoms with Crippen molar-refractivity contribution in [1.82, 2.24) is 4.98 Å². The van der Waals surface area contributed by atoms with Gasteiger partial charge in [0.15, 0.2) is 0 Å². The largest absolute Gasteiger partial charge is 0.264 e. The maximum atomic E-state index is 4.14. The second kappa shape index (κ2) is 2.27. The van der Waals surface area contributed by atoms with Crippen molar-refractivity contribution in [3.8, 4) is 0 Å². The molecule has 0 saturated heterocycles. The minimum absolute atomic E-state index is 1.20. The van der Waals surface area contributed by atoms with Crippen molar-refractivity contribution in [3.05, 3.63) is 23.5 Å². The van der Waals surface area contributed by atoms with Gasteiger partial charge in [-0.1, -0.05) is 0 Å². The third-order valence-electron chi connectivity index (χ3n) is 1.77. The van der Waals surface area contributed by atoms with Gasteiger partial charge < -0.3 is 0 Å². The summed E-state index contributed by atoms with van der Waals surface area (Å²) in [6, 6.07) is 0. The van der Waals surface area contributed by atoms with E-state index in [9.17, 15) is 0 Å². The molecule has 2 rings (SSSR count). The lowest BCUT2D eigenvalue weighted by Gasteiger charge is -1.98. The Balaban J connectivity index is 2.59. The highest BCUT2D eigenvalue weighted by Crippen LogP contribution is 2.32. The average molecular weight is 151 g/mol. The zero-order valence-electron chi connectivity index (χ0n) is 5.92. The van der Waals surface area contributed by atoms with E-state index in [4.69, 9.17) is 0 Å². The number of hydrogen-bond donors (Lipinski definition) is 0. The fourth-order valence-electron chi connectivity index (χ4n) is 1.26. The van der Waals surface area contributed by atoms with Gasteiger partial charge in [-0.25, -0.2) is 0 Å². The quantitative estimate of drug-likeness (QED) is 0.562. The van der Waals surface area contributed by atoms with Crippen LogP contribution in [0, 0.1) is 6.92 Å². The van der Waals surface area contributed by atoms with Gasteiger partial charge in [-0.15, -0.1) is 11.8 Å². The second-order valence-corrected chi connectivity index (χ2v) is 3.65. The molecule has 1 aromatic heterocycles. The van der Waals surface area contributed by atoms with Crippen LogP contribution in [0.15, 0.2) is 17.3 Å². The van der Waals surface area contributed by atoms with E-state index in [1.807, 2.05) is 24.2 Å². The Morgan fingerprint density at radius 3 is 3.20 bits per heavy atom. The monoisotopic (exact) mass is 151 g/mol. The van der Waals surface area contributed by atoms with Crippen molar-refractivity contribution >= 4 is 11.8 Å². The topological polar surface area (TPSA) is 12.9 Å². The SMILES string of the molecule is Cc1cncc2c1SCC2. The highest BCUT2D eigenvalue weighted by atomic mass is 32.2. The molecule has 0 spiro atoms. The van der Waals surface area contributed by atoms with Gasteiger partial charge in [0, 0.05) is 23.0 Å². The lowest BCUT2D eigenvalue weighted by molar-refractivity contribution is 1.07. The van der Waals surface area contributed by atoms with E-state index in [2.05, 4.69) is 11.9 Å². The van der Waals surface area contributed by atoms with Crippen LogP contribution in [-0.4, -0.2) is 10.7 Å². The first kappa shape index (κ1) is 6.23. The summed E-state index contributed by atoms with van der Waals surface area (Å²) in [5.74, 6) is 1.24. The molecule has 1 aromatic rings. The van der Waals surface area contributed by atoms with Crippen molar-refractivity contribution in [2.45, 2.75) is 18.2 Å². The molecule has 1 aliphatic rings. The third kappa shape index (κ3) is 0.833. The van der Waals surface area contributed by atoms with E-state index in [0.717, 1.165) is 0 Å². The normalized spacial score (nSPS) is 15.3. The Bertz CT molecular complexity index is 257. The molecular formula is C8H9NS. The molecule has 1 nitrogen and oxygen atoms in total. The third-order valence-corrected chi connectivity index (χ3v) is 3.05. The molecule has 10 heavy (non-hydrogen) atoms. The minimum Gasteiger partial charge on any atom is -0.264 e. The van der Waals surface area contributed by atoms with Gasteiger partial charge in [0.1, 0.15) is 0 Å². The number of thioether (sulfide) groups is 1. The Morgan fingerprint density at radius 1 is 1.50 bits per heavy atom. The first-order chi connectivity index (χ1) is 4.88. The smallest absolute Gasteiger partial charge is 0.0311 e. The summed E-state index contributed by atoms with van der Waals surface area (Å²) in [6.45, 7) is 2.13. The summed E-state index contributed by atoms with van der Waals surface area (Å²) in [7, 11) is 0. The van der Waals surface area contributed by atoms with E-state index < -0.39 is 0 Å². The molecule has 0 fully saturated rings. The van der Waals surface area contributed by atoms with Crippen molar-refractivity contribution in [3.63, 3.8) is 0 Å². The Morgan fingerprint density at radius 2 is 2.40 bits per heavy atom. The van der Waals surface area contributed by atoms with E-state index >= 15 is 0 Å². The molecule has 1 aliphatic heterocycles. The molecule has 0 aliphatic carbocycles. The van der Waals surface area contributed by atoms with Crippen LogP contribution in [0.4, 0.5) is 0 Å². The van der Waals surface area contributed by atoms with Gasteiger partial charge in [-0.3, -0.25) is 4.98 Å². The van der Waals surface area contributed by atoms with Crippen LogP contribution in [0.3, 0.4) is 0 Å². The number of fused-ring (bicyclic) bond motifs is 1. The fraction of sp³-hybridized carbons (Fsp3) is 0.375. The molecule has 0 saturated carbocycles. The van der Waals surface area contributed by atoms with Crippen LogP contribution in [0.5, 0.6) is 0 Å². The second-order valence-electron chi connectivity index (χ2n) is 2.54. The molecule has 0 N–H and O–H groups in total. The maximum Gasteiger partial charge on any atom is 0.0311 e. The van der Waals surface area contributed by atoms with Gasteiger partial charge >= 0.3 is 0 Å². The number of aromatic nitrogens is 1. The number of nitrogens with zero attached hydrogens (tertiary/aromatic N) is 1. The van der Waals surface area contributed by atoms with Crippen molar-refractivity contribution in [1.29, 1.82) is 0 Å². The first-order valence-corrected chi connectivity index (χ1v) is 4.43. The predicted octanol–water partition coefficient (Wildman–Crippen LogP) is 2.04. The molecule has 0 atom stereocenters. The summed E-state index contributed by atoms with van der Waals surface area (Å²) >= 11 is 1.95. The van der Waals surface area contributed by atoms with Crippen molar-refractivity contribution in [2.24, 2.45) is 0 Å². The lowest BCUT2D eigenvalue weighted by Crippen LogP contribution is -1.84. The summed E-state index contributed by atoms with van der Waals surface area (Å²) in [4.78, 5) is 5.61. The molecular weight excluding hydrogens is 142 g/mol. The maximum absolute atomic E-state index is 4.14. The Kier molecular flexibility index (Phi) is 1.42.